The fraction of sp³-hybridized carbons (Fsp3) is 0.0476. The lowest BCUT2D eigenvalue weighted by Gasteiger charge is -2.00. The fourth-order valence-electron chi connectivity index (χ4n) is 2.98. The molecular weight excluding hydrogens is 410 g/mol. The molecule has 0 aliphatic heterocycles. The standard InChI is InChI=1S/C21H14ClN3OS2/c1-26-16-8-4-14(5-9-16)18-11-27-20(23-18)19-12-28-21-24-17(10-25(19)21)13-2-6-15(22)7-3-13/h2-12H,1H3. The fourth-order valence-corrected chi connectivity index (χ4v) is 4.88. The summed E-state index contributed by atoms with van der Waals surface area (Å²) in [6, 6.07) is 15.7. The van der Waals surface area contributed by atoms with Gasteiger partial charge in [0.2, 0.25) is 0 Å². The van der Waals surface area contributed by atoms with E-state index in [9.17, 15) is 0 Å². The Kier molecular flexibility index (Phi) is 4.39. The number of imidazole rings is 1. The second-order valence-corrected chi connectivity index (χ2v) is 8.30. The lowest BCUT2D eigenvalue weighted by atomic mass is 10.2. The van der Waals surface area contributed by atoms with Crippen LogP contribution in [0.25, 0.3) is 38.2 Å². The Morgan fingerprint density at radius 2 is 1.57 bits per heavy atom. The quantitative estimate of drug-likeness (QED) is 0.330. The van der Waals surface area contributed by atoms with Gasteiger partial charge in [0, 0.05) is 33.1 Å². The van der Waals surface area contributed by atoms with Crippen molar-refractivity contribution < 1.29 is 4.74 Å². The zero-order valence-electron chi connectivity index (χ0n) is 14.8. The van der Waals surface area contributed by atoms with Crippen molar-refractivity contribution in [3.8, 4) is 39.0 Å². The molecule has 0 aliphatic carbocycles. The number of methoxy groups -OCH3 is 1. The molecule has 0 bridgehead atoms. The minimum absolute atomic E-state index is 0.722. The van der Waals surface area contributed by atoms with Crippen molar-refractivity contribution in [1.82, 2.24) is 14.4 Å². The third-order valence-electron chi connectivity index (χ3n) is 4.46. The number of thiazole rings is 2. The molecule has 5 rings (SSSR count). The maximum absolute atomic E-state index is 5.99. The molecule has 0 fully saturated rings. The molecule has 0 saturated carbocycles. The summed E-state index contributed by atoms with van der Waals surface area (Å²) in [6.45, 7) is 0. The molecule has 3 heterocycles. The molecule has 0 atom stereocenters. The van der Waals surface area contributed by atoms with E-state index in [2.05, 4.69) is 21.4 Å². The van der Waals surface area contributed by atoms with Gasteiger partial charge in [-0.2, -0.15) is 0 Å². The molecule has 7 heteroatoms. The van der Waals surface area contributed by atoms with Crippen molar-refractivity contribution >= 4 is 39.2 Å². The van der Waals surface area contributed by atoms with E-state index < -0.39 is 0 Å². The van der Waals surface area contributed by atoms with Gasteiger partial charge < -0.3 is 4.74 Å². The zero-order valence-corrected chi connectivity index (χ0v) is 17.2. The van der Waals surface area contributed by atoms with Crippen LogP contribution in [0.2, 0.25) is 5.02 Å². The first-order valence-corrected chi connectivity index (χ1v) is 10.7. The molecule has 138 valence electrons. The number of hydrogen-bond acceptors (Lipinski definition) is 5. The molecule has 28 heavy (non-hydrogen) atoms. The smallest absolute Gasteiger partial charge is 0.194 e. The first kappa shape index (κ1) is 17.4. The van der Waals surface area contributed by atoms with E-state index in [1.165, 1.54) is 0 Å². The molecule has 3 aromatic heterocycles. The summed E-state index contributed by atoms with van der Waals surface area (Å²) >= 11 is 9.24. The average Bonchev–Trinajstić information content (AvgIpc) is 3.44. The summed E-state index contributed by atoms with van der Waals surface area (Å²) in [5.41, 5.74) is 5.06. The number of halogens is 1. The van der Waals surface area contributed by atoms with Crippen LogP contribution in [0.15, 0.2) is 65.5 Å². The van der Waals surface area contributed by atoms with E-state index >= 15 is 0 Å². The van der Waals surface area contributed by atoms with E-state index in [4.69, 9.17) is 26.3 Å². The van der Waals surface area contributed by atoms with Gasteiger partial charge in [-0.15, -0.1) is 22.7 Å². The molecule has 4 nitrogen and oxygen atoms in total. The summed E-state index contributed by atoms with van der Waals surface area (Å²) in [7, 11) is 1.67. The number of ether oxygens (including phenoxy) is 1. The second kappa shape index (κ2) is 7.05. The van der Waals surface area contributed by atoms with Gasteiger partial charge in [0.05, 0.1) is 24.2 Å². The molecule has 0 saturated heterocycles. The van der Waals surface area contributed by atoms with Crippen LogP contribution in [-0.4, -0.2) is 21.5 Å². The summed E-state index contributed by atoms with van der Waals surface area (Å²) < 4.78 is 7.33. The summed E-state index contributed by atoms with van der Waals surface area (Å²) in [5.74, 6) is 0.840. The van der Waals surface area contributed by atoms with Crippen LogP contribution in [0.4, 0.5) is 0 Å². The molecule has 0 spiro atoms. The highest BCUT2D eigenvalue weighted by atomic mass is 35.5. The van der Waals surface area contributed by atoms with Crippen LogP contribution in [0.5, 0.6) is 5.75 Å². The first-order valence-electron chi connectivity index (χ1n) is 8.54. The predicted molar refractivity (Wildman–Crippen MR) is 117 cm³/mol. The van der Waals surface area contributed by atoms with Crippen molar-refractivity contribution in [3.63, 3.8) is 0 Å². The minimum atomic E-state index is 0.722. The Morgan fingerprint density at radius 3 is 2.32 bits per heavy atom. The number of hydrogen-bond donors (Lipinski definition) is 0. The largest absolute Gasteiger partial charge is 0.497 e. The van der Waals surface area contributed by atoms with Gasteiger partial charge in [0.25, 0.3) is 0 Å². The van der Waals surface area contributed by atoms with Crippen LogP contribution in [0, 0.1) is 0 Å². The maximum atomic E-state index is 5.99. The number of fused-ring (bicyclic) bond motifs is 1. The molecule has 2 aromatic carbocycles. The number of aromatic nitrogens is 3. The van der Waals surface area contributed by atoms with E-state index in [0.29, 0.717) is 0 Å². The Bertz CT molecular complexity index is 1250. The van der Waals surface area contributed by atoms with Crippen molar-refractivity contribution in [2.45, 2.75) is 0 Å². The monoisotopic (exact) mass is 423 g/mol. The van der Waals surface area contributed by atoms with Crippen molar-refractivity contribution in [2.24, 2.45) is 0 Å². The minimum Gasteiger partial charge on any atom is -0.497 e. The van der Waals surface area contributed by atoms with Gasteiger partial charge in [-0.3, -0.25) is 4.40 Å². The highest BCUT2D eigenvalue weighted by Gasteiger charge is 2.14. The second-order valence-electron chi connectivity index (χ2n) is 6.17. The van der Waals surface area contributed by atoms with E-state index in [-0.39, 0.29) is 0 Å². The van der Waals surface area contributed by atoms with Gasteiger partial charge in [-0.1, -0.05) is 23.7 Å². The van der Waals surface area contributed by atoms with Crippen LogP contribution < -0.4 is 4.74 Å². The highest BCUT2D eigenvalue weighted by molar-refractivity contribution is 7.16. The van der Waals surface area contributed by atoms with Crippen molar-refractivity contribution in [3.05, 3.63) is 70.5 Å². The van der Waals surface area contributed by atoms with Crippen LogP contribution in [0.1, 0.15) is 0 Å². The zero-order chi connectivity index (χ0) is 19.1. The molecule has 0 amide bonds. The molecular formula is C21H14ClN3OS2. The number of benzene rings is 2. The lowest BCUT2D eigenvalue weighted by molar-refractivity contribution is 0.415. The summed E-state index contributed by atoms with van der Waals surface area (Å²) in [6.07, 6.45) is 2.05. The van der Waals surface area contributed by atoms with E-state index in [0.717, 1.165) is 48.9 Å². The van der Waals surface area contributed by atoms with Gasteiger partial charge in [-0.25, -0.2) is 9.97 Å². The first-order chi connectivity index (χ1) is 13.7. The lowest BCUT2D eigenvalue weighted by Crippen LogP contribution is -1.85. The predicted octanol–water partition coefficient (Wildman–Crippen LogP) is 6.52. The Morgan fingerprint density at radius 1 is 0.857 bits per heavy atom. The Balaban J connectivity index is 1.51. The van der Waals surface area contributed by atoms with Crippen LogP contribution >= 0.6 is 34.3 Å². The van der Waals surface area contributed by atoms with Crippen molar-refractivity contribution in [2.75, 3.05) is 7.11 Å². The SMILES string of the molecule is COc1ccc(-c2csc(-c3csc4nc(-c5ccc(Cl)cc5)cn34)n2)cc1. The number of rotatable bonds is 4. The third-order valence-corrected chi connectivity index (χ3v) is 6.41. The number of nitrogens with zero attached hydrogens (tertiary/aromatic N) is 3. The summed E-state index contributed by atoms with van der Waals surface area (Å²) in [4.78, 5) is 10.5. The van der Waals surface area contributed by atoms with Gasteiger partial charge in [0.15, 0.2) is 4.96 Å². The highest BCUT2D eigenvalue weighted by Crippen LogP contribution is 2.33. The maximum Gasteiger partial charge on any atom is 0.194 e. The van der Waals surface area contributed by atoms with E-state index in [1.54, 1.807) is 29.8 Å². The topological polar surface area (TPSA) is 39.4 Å². The molecule has 0 radical (unpaired) electrons. The van der Waals surface area contributed by atoms with Crippen LogP contribution in [0.3, 0.4) is 0 Å². The molecule has 5 aromatic rings. The molecule has 0 N–H and O–H groups in total. The van der Waals surface area contributed by atoms with Gasteiger partial charge in [0.1, 0.15) is 10.8 Å². The van der Waals surface area contributed by atoms with E-state index in [1.807, 2.05) is 48.5 Å². The average molecular weight is 424 g/mol. The van der Waals surface area contributed by atoms with Gasteiger partial charge in [-0.05, 0) is 36.4 Å². The third kappa shape index (κ3) is 3.09. The summed E-state index contributed by atoms with van der Waals surface area (Å²) in [5, 5.41) is 5.87. The molecule has 0 unspecified atom stereocenters. The normalized spacial score (nSPS) is 11.2. The molecule has 0 aliphatic rings. The van der Waals surface area contributed by atoms with Crippen molar-refractivity contribution in [1.29, 1.82) is 0 Å². The Hall–Kier alpha value is -2.67. The van der Waals surface area contributed by atoms with Crippen LogP contribution in [-0.2, 0) is 0 Å². The Labute approximate surface area is 174 Å². The van der Waals surface area contributed by atoms with Gasteiger partial charge >= 0.3 is 0 Å².